The molecular formula is C27H28F4N2O2S. The first-order valence-corrected chi connectivity index (χ1v) is 12.8. The number of aromatic nitrogens is 2. The molecule has 0 aliphatic rings. The van der Waals surface area contributed by atoms with Crippen LogP contribution in [0.5, 0.6) is 0 Å². The van der Waals surface area contributed by atoms with Crippen LogP contribution in [0.4, 0.5) is 17.6 Å². The Morgan fingerprint density at radius 3 is 2.11 bits per heavy atom. The second kappa shape index (κ2) is 12.5. The lowest BCUT2D eigenvalue weighted by molar-refractivity contribution is -0.144. The second-order valence-corrected chi connectivity index (χ2v) is 9.87. The van der Waals surface area contributed by atoms with E-state index in [0.29, 0.717) is 17.6 Å². The van der Waals surface area contributed by atoms with Gasteiger partial charge in [0, 0.05) is 23.9 Å². The van der Waals surface area contributed by atoms with Gasteiger partial charge in [-0.25, -0.2) is 12.8 Å². The van der Waals surface area contributed by atoms with Crippen molar-refractivity contribution in [3.05, 3.63) is 103 Å². The van der Waals surface area contributed by atoms with Crippen molar-refractivity contribution in [1.29, 1.82) is 0 Å². The highest BCUT2D eigenvalue weighted by Gasteiger charge is 2.40. The molecule has 0 spiro atoms. The first-order valence-electron chi connectivity index (χ1n) is 10.9. The Hall–Kier alpha value is -3.46. The Morgan fingerprint density at radius 1 is 1.06 bits per heavy atom. The van der Waals surface area contributed by atoms with Crippen LogP contribution in [-0.4, -0.2) is 31.1 Å². The number of aryl methyl sites for hydroxylation is 2. The predicted octanol–water partition coefficient (Wildman–Crippen LogP) is 6.95. The zero-order valence-corrected chi connectivity index (χ0v) is 20.9. The Morgan fingerprint density at radius 2 is 1.64 bits per heavy atom. The summed E-state index contributed by atoms with van der Waals surface area (Å²) in [6, 6.07) is 14.9. The third kappa shape index (κ3) is 7.52. The second-order valence-electron chi connectivity index (χ2n) is 7.85. The smallest absolute Gasteiger partial charge is 0.259 e. The van der Waals surface area contributed by atoms with Gasteiger partial charge in [-0.1, -0.05) is 67.3 Å². The number of hydrogen-bond acceptors (Lipinski definition) is 3. The maximum absolute atomic E-state index is 14.2. The number of rotatable bonds is 8. The summed E-state index contributed by atoms with van der Waals surface area (Å²) in [5.74, 6) is 0. The van der Waals surface area contributed by atoms with Crippen molar-refractivity contribution < 1.29 is 26.0 Å². The van der Waals surface area contributed by atoms with Gasteiger partial charge in [0.2, 0.25) is 0 Å². The normalized spacial score (nSPS) is 12.0. The third-order valence-electron chi connectivity index (χ3n) is 5.10. The van der Waals surface area contributed by atoms with Gasteiger partial charge in [-0.2, -0.15) is 18.3 Å². The molecule has 4 nitrogen and oxygen atoms in total. The van der Waals surface area contributed by atoms with E-state index in [9.17, 15) is 26.0 Å². The van der Waals surface area contributed by atoms with Crippen LogP contribution in [0.2, 0.25) is 0 Å². The molecule has 1 aromatic heterocycles. The third-order valence-corrected chi connectivity index (χ3v) is 6.23. The van der Waals surface area contributed by atoms with Crippen LogP contribution >= 0.6 is 0 Å². The number of nitrogens with zero attached hydrogens (tertiary/aromatic N) is 2. The number of hydrogen-bond donors (Lipinski definition) is 0. The molecule has 1 heterocycles. The summed E-state index contributed by atoms with van der Waals surface area (Å²) in [4.78, 5) is 0.0840. The van der Waals surface area contributed by atoms with Crippen LogP contribution in [0.15, 0.2) is 90.9 Å². The Kier molecular flexibility index (Phi) is 9.98. The molecule has 0 amide bonds. The van der Waals surface area contributed by atoms with Gasteiger partial charge in [0.25, 0.3) is 0 Å². The van der Waals surface area contributed by atoms with Gasteiger partial charge in [0.05, 0.1) is 4.90 Å². The fraction of sp³-hybridized carbons (Fsp3) is 0.222. The number of benzene rings is 2. The molecule has 0 aliphatic carbocycles. The van der Waals surface area contributed by atoms with Crippen LogP contribution in [0, 0.1) is 0 Å². The molecule has 0 saturated carbocycles. The van der Waals surface area contributed by atoms with E-state index >= 15 is 0 Å². The van der Waals surface area contributed by atoms with Crippen molar-refractivity contribution in [2.45, 2.75) is 31.0 Å². The molecule has 0 atom stereocenters. The summed E-state index contributed by atoms with van der Waals surface area (Å²) in [5, 5.41) is 4.33. The number of allylic oxidation sites excluding steroid dienone is 4. The van der Waals surface area contributed by atoms with E-state index in [-0.39, 0.29) is 22.7 Å². The van der Waals surface area contributed by atoms with Crippen LogP contribution in [0.1, 0.15) is 23.7 Å². The Balaban J connectivity index is 0.00000106. The summed E-state index contributed by atoms with van der Waals surface area (Å²) >= 11 is 0. The largest absolute Gasteiger partial charge is 0.433 e. The van der Waals surface area contributed by atoms with Gasteiger partial charge in [0.15, 0.2) is 15.5 Å². The predicted molar refractivity (Wildman–Crippen MR) is 136 cm³/mol. The van der Waals surface area contributed by atoms with Crippen molar-refractivity contribution in [3.8, 4) is 11.3 Å². The molecule has 0 unspecified atom stereocenters. The van der Waals surface area contributed by atoms with Crippen molar-refractivity contribution in [3.63, 3.8) is 0 Å². The molecule has 9 heteroatoms. The molecule has 2 aromatic carbocycles. The monoisotopic (exact) mass is 520 g/mol. The Labute approximate surface area is 209 Å². The molecular weight excluding hydrogens is 492 g/mol. The summed E-state index contributed by atoms with van der Waals surface area (Å²) in [5.41, 5.74) is 0.911. The topological polar surface area (TPSA) is 52.0 Å². The SMILES string of the molecule is C=C/C=C(\C)c1c(-c2ccc(S(C)(=O)=O)cc2)nn(CCc2ccccc2)c1C(F)(F)F.C=CCF. The summed E-state index contributed by atoms with van der Waals surface area (Å²) in [7, 11) is -3.43. The molecule has 0 N–H and O–H groups in total. The van der Waals surface area contributed by atoms with Crippen LogP contribution in [-0.2, 0) is 29.0 Å². The fourth-order valence-electron chi connectivity index (χ4n) is 3.49. The molecule has 0 aliphatic heterocycles. The maximum atomic E-state index is 14.2. The van der Waals surface area contributed by atoms with E-state index in [2.05, 4.69) is 18.3 Å². The fourth-order valence-corrected chi connectivity index (χ4v) is 4.12. The van der Waals surface area contributed by atoms with E-state index < -0.39 is 28.4 Å². The number of sulfone groups is 1. The van der Waals surface area contributed by atoms with Crippen molar-refractivity contribution in [2.75, 3.05) is 12.9 Å². The highest BCUT2D eigenvalue weighted by molar-refractivity contribution is 7.90. The molecule has 192 valence electrons. The first-order chi connectivity index (χ1) is 16.9. The lowest BCUT2D eigenvalue weighted by Gasteiger charge is -2.13. The molecule has 0 saturated heterocycles. The molecule has 3 rings (SSSR count). The highest BCUT2D eigenvalue weighted by Crippen LogP contribution is 2.40. The number of halogens is 4. The van der Waals surface area contributed by atoms with Crippen LogP contribution in [0.3, 0.4) is 0 Å². The zero-order chi connectivity index (χ0) is 26.9. The van der Waals surface area contributed by atoms with Gasteiger partial charge in [0.1, 0.15) is 12.4 Å². The van der Waals surface area contributed by atoms with E-state index in [1.165, 1.54) is 42.5 Å². The van der Waals surface area contributed by atoms with Gasteiger partial charge < -0.3 is 0 Å². The van der Waals surface area contributed by atoms with Crippen LogP contribution in [0.25, 0.3) is 16.8 Å². The summed E-state index contributed by atoms with van der Waals surface area (Å²) in [6.45, 7) is 7.89. The zero-order valence-electron chi connectivity index (χ0n) is 20.1. The minimum atomic E-state index is -4.64. The van der Waals surface area contributed by atoms with Gasteiger partial charge in [-0.15, -0.1) is 6.58 Å². The standard InChI is InChI=1S/C24H23F3N2O2S.C3H5F/c1-4-8-17(2)21-22(19-11-13-20(14-12-19)32(3,30)31)28-29(23(21)24(25,26)27)16-15-18-9-6-5-7-10-18;1-2-3-4/h4-14H,1,15-16H2,2-3H3;2H,1,3H2/b17-8+;. The quantitative estimate of drug-likeness (QED) is 0.184. The highest BCUT2D eigenvalue weighted by atomic mass is 32.2. The van der Waals surface area contributed by atoms with E-state index in [1.807, 2.05) is 30.3 Å². The minimum absolute atomic E-state index is 0.0364. The van der Waals surface area contributed by atoms with Crippen molar-refractivity contribution >= 4 is 15.4 Å². The molecule has 0 radical (unpaired) electrons. The molecule has 3 aromatic rings. The first kappa shape index (κ1) is 28.8. The summed E-state index contributed by atoms with van der Waals surface area (Å²) in [6.07, 6.45) is 0.946. The Bertz CT molecular complexity index is 1310. The van der Waals surface area contributed by atoms with Gasteiger partial charge >= 0.3 is 6.18 Å². The average Bonchev–Trinajstić information content (AvgIpc) is 3.24. The maximum Gasteiger partial charge on any atom is 0.433 e. The number of alkyl halides is 4. The minimum Gasteiger partial charge on any atom is -0.259 e. The molecule has 0 bridgehead atoms. The van der Waals surface area contributed by atoms with Gasteiger partial charge in [-0.05, 0) is 36.6 Å². The average molecular weight is 521 g/mol. The van der Waals surface area contributed by atoms with E-state index in [1.54, 1.807) is 6.92 Å². The van der Waals surface area contributed by atoms with Crippen molar-refractivity contribution in [1.82, 2.24) is 9.78 Å². The molecule has 36 heavy (non-hydrogen) atoms. The van der Waals surface area contributed by atoms with Crippen LogP contribution < -0.4 is 0 Å². The van der Waals surface area contributed by atoms with E-state index in [0.717, 1.165) is 16.5 Å². The van der Waals surface area contributed by atoms with E-state index in [4.69, 9.17) is 0 Å². The molecule has 0 fully saturated rings. The van der Waals surface area contributed by atoms with Crippen molar-refractivity contribution in [2.24, 2.45) is 0 Å². The summed E-state index contributed by atoms with van der Waals surface area (Å²) < 4.78 is 77.7. The lowest BCUT2D eigenvalue weighted by atomic mass is 9.99. The lowest BCUT2D eigenvalue weighted by Crippen LogP contribution is -2.17. The van der Waals surface area contributed by atoms with Gasteiger partial charge in [-0.3, -0.25) is 4.68 Å².